The molecule has 0 aromatic rings. The van der Waals surface area contributed by atoms with Crippen LogP contribution in [-0.2, 0) is 117 Å². The summed E-state index contributed by atoms with van der Waals surface area (Å²) < 4.78 is 160. The van der Waals surface area contributed by atoms with Gasteiger partial charge in [-0.1, -0.05) is 0 Å². The lowest BCUT2D eigenvalue weighted by Gasteiger charge is -1.69. The van der Waals surface area contributed by atoms with E-state index in [-0.39, 0.29) is 12.6 Å². The second-order valence-corrected chi connectivity index (χ2v) is 8.94. The number of carbonyl (C=O) groups is 3. The van der Waals surface area contributed by atoms with Crippen molar-refractivity contribution in [1.29, 1.82) is 0 Å². The zero-order valence-corrected chi connectivity index (χ0v) is 21.8. The van der Waals surface area contributed by atoms with Crippen molar-refractivity contribution in [2.24, 2.45) is 0 Å². The Labute approximate surface area is 201 Å². The third-order valence-corrected chi connectivity index (χ3v) is 5.03. The van der Waals surface area contributed by atoms with Crippen molar-refractivity contribution in [3.05, 3.63) is 0 Å². The largest absolute Gasteiger partial charge is 0.294 e. The number of rotatable bonds is 10. The summed E-state index contributed by atoms with van der Waals surface area (Å²) in [6.07, 6.45) is -0.0694. The first-order chi connectivity index (χ1) is 15.3. The Hall–Kier alpha value is -1.55. The molecule has 0 saturated heterocycles. The Kier molecular flexibility index (Phi) is 36.9. The number of ketones is 1. The van der Waals surface area contributed by atoms with Crippen LogP contribution < -0.4 is 0 Å². The SMILES string of the molecule is O=CC(=O)C=O.O=[SH](=O)O[SH](=O)=O.O=[SH](=O)O[SH](=O)=O.O=[SH](=O)O[SH](=O)=O.O=[SH](=O)O[SH](=O)=O. The number of hydrogen-bond acceptors (Lipinski definition) is 23. The van der Waals surface area contributed by atoms with Crippen LogP contribution in [0.2, 0.25) is 0 Å². The van der Waals surface area contributed by atoms with Crippen LogP contribution in [0, 0.1) is 0 Å². The van der Waals surface area contributed by atoms with Crippen LogP contribution in [0.25, 0.3) is 0 Å². The van der Waals surface area contributed by atoms with Crippen molar-refractivity contribution in [2.75, 3.05) is 0 Å². The summed E-state index contributed by atoms with van der Waals surface area (Å²) in [4.78, 5) is 27.8. The molecule has 0 N–H and O–H groups in total. The van der Waals surface area contributed by atoms with Gasteiger partial charge in [0, 0.05) is 0 Å². The van der Waals surface area contributed by atoms with Crippen molar-refractivity contribution in [2.45, 2.75) is 0 Å². The van der Waals surface area contributed by atoms with Gasteiger partial charge in [0.2, 0.25) is 0 Å². The van der Waals surface area contributed by atoms with E-state index in [0.29, 0.717) is 0 Å². The van der Waals surface area contributed by atoms with Crippen molar-refractivity contribution < 1.29 is 96.2 Å². The van der Waals surface area contributed by atoms with Crippen LogP contribution >= 0.6 is 0 Å². The number of Topliss-reactive ketones (excluding diaryl/α,β-unsaturated/α-hetero) is 1. The first-order valence-corrected chi connectivity index (χ1v) is 14.4. The highest BCUT2D eigenvalue weighted by atomic mass is 32.3. The molecule has 0 atom stereocenters. The molecule has 0 amide bonds. The molecule has 0 aliphatic rings. The average molecular weight is 671 g/mol. The van der Waals surface area contributed by atoms with E-state index in [0.717, 1.165) is 0 Å². The van der Waals surface area contributed by atoms with Crippen LogP contribution in [-0.4, -0.2) is 85.7 Å². The van der Waals surface area contributed by atoms with Gasteiger partial charge in [0.1, 0.15) is 0 Å². The van der Waals surface area contributed by atoms with E-state index in [1.807, 2.05) is 0 Å². The van der Waals surface area contributed by atoms with Crippen molar-refractivity contribution in [1.82, 2.24) is 0 Å². The van der Waals surface area contributed by atoms with Crippen LogP contribution in [0.5, 0.6) is 0 Å². The van der Waals surface area contributed by atoms with E-state index in [2.05, 4.69) is 14.5 Å². The molecule has 0 unspecified atom stereocenters. The summed E-state index contributed by atoms with van der Waals surface area (Å²) in [5, 5.41) is 0. The molecule has 0 bridgehead atoms. The molecule has 0 aromatic carbocycles. The summed E-state index contributed by atoms with van der Waals surface area (Å²) in [6.45, 7) is 0. The van der Waals surface area contributed by atoms with Gasteiger partial charge in [-0.25, -0.2) is 67.3 Å². The fraction of sp³-hybridized carbons (Fsp3) is 0. The van der Waals surface area contributed by atoms with Gasteiger partial charge in [0.05, 0.1) is 0 Å². The Bertz CT molecular complexity index is 894. The lowest BCUT2D eigenvalue weighted by atomic mass is 10.5. The maximum atomic E-state index is 9.44. The second-order valence-electron chi connectivity index (χ2n) is 2.75. The third-order valence-electron chi connectivity index (χ3n) is 0.766. The Morgan fingerprint density at radius 1 is 0.353 bits per heavy atom. The normalized spacial score (nSPS) is 9.88. The molecule has 0 rings (SSSR count). The molecule has 0 aliphatic carbocycles. The molecule has 0 fully saturated rings. The topological polar surface area (TPSA) is 361 Å². The molecule has 0 radical (unpaired) electrons. The van der Waals surface area contributed by atoms with Crippen LogP contribution in [0.15, 0.2) is 0 Å². The lowest BCUT2D eigenvalue weighted by molar-refractivity contribution is -0.135. The van der Waals surface area contributed by atoms with Crippen LogP contribution in [0.3, 0.4) is 0 Å². The molecule has 31 heteroatoms. The predicted molar refractivity (Wildman–Crippen MR) is 104 cm³/mol. The summed E-state index contributed by atoms with van der Waals surface area (Å²) in [5.74, 6) is -1.02. The Morgan fingerprint density at radius 2 is 0.471 bits per heavy atom. The van der Waals surface area contributed by atoms with E-state index in [1.165, 1.54) is 0 Å². The fourth-order valence-electron chi connectivity index (χ4n) is 0.246. The van der Waals surface area contributed by atoms with Gasteiger partial charge >= 0.3 is 0 Å². The summed E-state index contributed by atoms with van der Waals surface area (Å²) in [7, 11) is -25.9. The van der Waals surface area contributed by atoms with E-state index >= 15 is 0 Å². The summed E-state index contributed by atoms with van der Waals surface area (Å²) >= 11 is 0. The smallest absolute Gasteiger partial charge is 0.271 e. The predicted octanol–water partition coefficient (Wildman–Crippen LogP) is -8.82. The highest BCUT2D eigenvalue weighted by molar-refractivity contribution is 7.82. The van der Waals surface area contributed by atoms with Crippen LogP contribution in [0.1, 0.15) is 0 Å². The molecule has 23 nitrogen and oxygen atoms in total. The first-order valence-electron chi connectivity index (χ1n) is 5.63. The molecule has 34 heavy (non-hydrogen) atoms. The molecule has 0 spiro atoms. The van der Waals surface area contributed by atoms with Gasteiger partial charge < -0.3 is 0 Å². The first kappa shape index (κ1) is 42.6. The van der Waals surface area contributed by atoms with Crippen molar-refractivity contribution in [3.63, 3.8) is 0 Å². The Balaban J connectivity index is -0.000000103. The molecule has 208 valence electrons. The van der Waals surface area contributed by atoms with Gasteiger partial charge in [-0.2, -0.15) is 14.5 Å². The molecular weight excluding hydrogens is 661 g/mol. The minimum absolute atomic E-state index is 0.0347. The van der Waals surface area contributed by atoms with Gasteiger partial charge in [-0.3, -0.25) is 14.4 Å². The molecule has 0 heterocycles. The number of thiol groups is 8. The number of carbonyl (C=O) groups excluding carboxylic acids is 3. The highest BCUT2D eigenvalue weighted by Crippen LogP contribution is 1.68. The lowest BCUT2D eigenvalue weighted by Crippen LogP contribution is -1.97. The zero-order chi connectivity index (χ0) is 28.4. The molecular formula is C3H10O23S8. The maximum absolute atomic E-state index is 9.44. The number of aldehydes is 2. The minimum atomic E-state index is -3.24. The molecule has 0 aromatic heterocycles. The second kappa shape index (κ2) is 29.5. The van der Waals surface area contributed by atoms with E-state index in [1.54, 1.807) is 0 Å². The van der Waals surface area contributed by atoms with E-state index in [4.69, 9.17) is 9.59 Å². The average Bonchev–Trinajstić information content (AvgIpc) is 2.58. The maximum Gasteiger partial charge on any atom is 0.271 e. The van der Waals surface area contributed by atoms with Crippen molar-refractivity contribution >= 4 is 106 Å². The summed E-state index contributed by atoms with van der Waals surface area (Å²) in [5.41, 5.74) is 0. The van der Waals surface area contributed by atoms with Gasteiger partial charge in [0.15, 0.2) is 12.6 Å². The molecule has 0 saturated carbocycles. The summed E-state index contributed by atoms with van der Waals surface area (Å²) in [6, 6.07) is 0. The Morgan fingerprint density at radius 3 is 0.471 bits per heavy atom. The van der Waals surface area contributed by atoms with Gasteiger partial charge in [0.25, 0.3) is 93.7 Å². The van der Waals surface area contributed by atoms with Crippen molar-refractivity contribution in [3.8, 4) is 0 Å². The quantitative estimate of drug-likeness (QED) is 0.0462. The van der Waals surface area contributed by atoms with Gasteiger partial charge in [-0.15, -0.1) is 0 Å². The zero-order valence-electron chi connectivity index (χ0n) is 14.6. The minimum Gasteiger partial charge on any atom is -0.294 e. The monoisotopic (exact) mass is 670 g/mol. The van der Waals surface area contributed by atoms with E-state index < -0.39 is 93.7 Å². The molecule has 0 aliphatic heterocycles. The van der Waals surface area contributed by atoms with E-state index in [9.17, 15) is 72.1 Å². The highest BCUT2D eigenvalue weighted by Gasteiger charge is 1.87. The standard InChI is InChI=1S/C3H2O3.4H2O5S2/c4-1-3(6)2-5;4*1-6(2)5-7(3)4/h1-2H;4*6-7H. The van der Waals surface area contributed by atoms with Gasteiger partial charge in [-0.05, 0) is 0 Å². The number of hydrogen-bond donors (Lipinski definition) is 8. The van der Waals surface area contributed by atoms with Crippen LogP contribution in [0.4, 0.5) is 0 Å². The fourth-order valence-corrected chi connectivity index (χ4v) is 1.99. The third kappa shape index (κ3) is 77.6.